The Bertz CT molecular complexity index is 799. The lowest BCUT2D eigenvalue weighted by atomic mass is 9.98. The zero-order valence-corrected chi connectivity index (χ0v) is 14.0. The topological polar surface area (TPSA) is 38.8 Å². The highest BCUT2D eigenvalue weighted by atomic mass is 16.7. The second-order valence-corrected chi connectivity index (χ2v) is 6.67. The lowest BCUT2D eigenvalue weighted by Gasteiger charge is -2.18. The number of rotatable bonds is 2. The molecule has 1 atom stereocenters. The molecule has 0 aromatic heterocycles. The van der Waals surface area contributed by atoms with Gasteiger partial charge in [0.15, 0.2) is 11.5 Å². The Morgan fingerprint density at radius 1 is 1.08 bits per heavy atom. The van der Waals surface area contributed by atoms with Gasteiger partial charge in [-0.1, -0.05) is 23.8 Å². The summed E-state index contributed by atoms with van der Waals surface area (Å²) >= 11 is 0. The quantitative estimate of drug-likeness (QED) is 0.846. The Kier molecular flexibility index (Phi) is 3.68. The first-order valence-electron chi connectivity index (χ1n) is 8.38. The van der Waals surface area contributed by atoms with Crippen molar-refractivity contribution in [3.8, 4) is 11.5 Å². The van der Waals surface area contributed by atoms with Crippen molar-refractivity contribution in [2.24, 2.45) is 0 Å². The lowest BCUT2D eigenvalue weighted by molar-refractivity contribution is 0.0790. The first kappa shape index (κ1) is 15.1. The average Bonchev–Trinajstić information content (AvgIpc) is 3.23. The number of hydrogen-bond donors (Lipinski definition) is 0. The number of aryl methyl sites for hydroxylation is 2. The van der Waals surface area contributed by atoms with E-state index < -0.39 is 0 Å². The maximum atomic E-state index is 12.8. The number of ether oxygens (including phenoxy) is 2. The highest BCUT2D eigenvalue weighted by Crippen LogP contribution is 2.37. The summed E-state index contributed by atoms with van der Waals surface area (Å²) in [7, 11) is 0. The highest BCUT2D eigenvalue weighted by Gasteiger charge is 2.29. The van der Waals surface area contributed by atoms with E-state index in [1.165, 1.54) is 11.1 Å². The molecular weight excluding hydrogens is 302 g/mol. The molecule has 2 aromatic carbocycles. The van der Waals surface area contributed by atoms with E-state index in [-0.39, 0.29) is 5.91 Å². The third kappa shape index (κ3) is 2.62. The molecule has 2 aliphatic rings. The second kappa shape index (κ2) is 5.86. The first-order chi connectivity index (χ1) is 11.6. The minimum Gasteiger partial charge on any atom is -0.454 e. The summed E-state index contributed by atoms with van der Waals surface area (Å²) in [6, 6.07) is 12.1. The Morgan fingerprint density at radius 2 is 1.92 bits per heavy atom. The van der Waals surface area contributed by atoms with Gasteiger partial charge in [-0.15, -0.1) is 0 Å². The van der Waals surface area contributed by atoms with Gasteiger partial charge in [-0.3, -0.25) is 4.79 Å². The van der Waals surface area contributed by atoms with Crippen LogP contribution in [0.4, 0.5) is 0 Å². The van der Waals surface area contributed by atoms with Crippen LogP contribution in [0.1, 0.15) is 39.4 Å². The van der Waals surface area contributed by atoms with Crippen LogP contribution in [-0.2, 0) is 0 Å². The summed E-state index contributed by atoms with van der Waals surface area (Å²) in [5.41, 5.74) is 4.26. The third-order valence-electron chi connectivity index (χ3n) is 4.96. The smallest absolute Gasteiger partial charge is 0.254 e. The largest absolute Gasteiger partial charge is 0.454 e. The summed E-state index contributed by atoms with van der Waals surface area (Å²) in [6.07, 6.45) is 0.982. The minimum absolute atomic E-state index is 0.135. The molecule has 0 aliphatic carbocycles. The van der Waals surface area contributed by atoms with Crippen molar-refractivity contribution < 1.29 is 14.3 Å². The number of carbonyl (C=O) groups is 1. The van der Waals surface area contributed by atoms with Crippen molar-refractivity contribution >= 4 is 5.91 Å². The summed E-state index contributed by atoms with van der Waals surface area (Å²) in [4.78, 5) is 14.8. The standard InChI is InChI=1S/C20H21NO3/c1-13-3-5-17(14(2)9-13)20(22)21-8-7-16(11-21)15-4-6-18-19(10-15)24-12-23-18/h3-6,9-10,16H,7-8,11-12H2,1-2H3. The van der Waals surface area contributed by atoms with Gasteiger partial charge in [-0.25, -0.2) is 0 Å². The molecule has 1 amide bonds. The van der Waals surface area contributed by atoms with E-state index in [1.54, 1.807) is 0 Å². The maximum absolute atomic E-state index is 12.8. The van der Waals surface area contributed by atoms with Gasteiger partial charge < -0.3 is 14.4 Å². The number of benzene rings is 2. The van der Waals surface area contributed by atoms with E-state index in [2.05, 4.69) is 18.2 Å². The van der Waals surface area contributed by atoms with Crippen LogP contribution in [0.2, 0.25) is 0 Å². The van der Waals surface area contributed by atoms with Crippen LogP contribution in [0.15, 0.2) is 36.4 Å². The molecule has 4 nitrogen and oxygen atoms in total. The fourth-order valence-electron chi connectivity index (χ4n) is 3.61. The highest BCUT2D eigenvalue weighted by molar-refractivity contribution is 5.96. The van der Waals surface area contributed by atoms with Crippen LogP contribution in [0.5, 0.6) is 11.5 Å². The minimum atomic E-state index is 0.135. The molecule has 1 unspecified atom stereocenters. The van der Waals surface area contributed by atoms with Gasteiger partial charge >= 0.3 is 0 Å². The monoisotopic (exact) mass is 323 g/mol. The van der Waals surface area contributed by atoms with Gasteiger partial charge in [-0.05, 0) is 49.6 Å². The molecular formula is C20H21NO3. The zero-order valence-electron chi connectivity index (χ0n) is 14.0. The zero-order chi connectivity index (χ0) is 16.7. The molecule has 2 aliphatic heterocycles. The maximum Gasteiger partial charge on any atom is 0.254 e. The normalized spacial score (nSPS) is 18.9. The van der Waals surface area contributed by atoms with Crippen LogP contribution >= 0.6 is 0 Å². The molecule has 1 fully saturated rings. The predicted octanol–water partition coefficient (Wildman–Crippen LogP) is 3.66. The van der Waals surface area contributed by atoms with E-state index in [0.29, 0.717) is 12.7 Å². The number of likely N-dealkylation sites (tertiary alicyclic amines) is 1. The van der Waals surface area contributed by atoms with Crippen molar-refractivity contribution in [2.75, 3.05) is 19.9 Å². The molecule has 124 valence electrons. The second-order valence-electron chi connectivity index (χ2n) is 6.67. The van der Waals surface area contributed by atoms with Crippen LogP contribution in [0, 0.1) is 13.8 Å². The fraction of sp³-hybridized carbons (Fsp3) is 0.350. The van der Waals surface area contributed by atoms with Crippen LogP contribution in [0.3, 0.4) is 0 Å². The van der Waals surface area contributed by atoms with E-state index in [4.69, 9.17) is 9.47 Å². The first-order valence-corrected chi connectivity index (χ1v) is 8.38. The number of carbonyl (C=O) groups excluding carboxylic acids is 1. The molecule has 0 N–H and O–H groups in total. The number of hydrogen-bond acceptors (Lipinski definition) is 3. The van der Waals surface area contributed by atoms with Gasteiger partial charge in [-0.2, -0.15) is 0 Å². The molecule has 24 heavy (non-hydrogen) atoms. The lowest BCUT2D eigenvalue weighted by Crippen LogP contribution is -2.29. The number of fused-ring (bicyclic) bond motifs is 1. The van der Waals surface area contributed by atoms with Gasteiger partial charge in [0.1, 0.15) is 0 Å². The summed E-state index contributed by atoms with van der Waals surface area (Å²) in [6.45, 7) is 5.90. The van der Waals surface area contributed by atoms with Crippen molar-refractivity contribution in [2.45, 2.75) is 26.2 Å². The van der Waals surface area contributed by atoms with Crippen molar-refractivity contribution in [1.29, 1.82) is 0 Å². The molecule has 4 heteroatoms. The van der Waals surface area contributed by atoms with Gasteiger partial charge in [0, 0.05) is 24.6 Å². The molecule has 1 saturated heterocycles. The Hall–Kier alpha value is -2.49. The molecule has 2 heterocycles. The summed E-state index contributed by atoms with van der Waals surface area (Å²) < 4.78 is 10.8. The van der Waals surface area contributed by atoms with Crippen LogP contribution in [-0.4, -0.2) is 30.7 Å². The molecule has 0 saturated carbocycles. The van der Waals surface area contributed by atoms with E-state index in [0.717, 1.165) is 42.1 Å². The van der Waals surface area contributed by atoms with Crippen LogP contribution < -0.4 is 9.47 Å². The van der Waals surface area contributed by atoms with Gasteiger partial charge in [0.25, 0.3) is 5.91 Å². The average molecular weight is 323 g/mol. The van der Waals surface area contributed by atoms with Crippen molar-refractivity contribution in [1.82, 2.24) is 4.90 Å². The SMILES string of the molecule is Cc1ccc(C(=O)N2CCC(c3ccc4c(c3)OCO4)C2)c(C)c1. The number of amides is 1. The number of nitrogens with zero attached hydrogens (tertiary/aromatic N) is 1. The third-order valence-corrected chi connectivity index (χ3v) is 4.96. The van der Waals surface area contributed by atoms with E-state index >= 15 is 0 Å². The predicted molar refractivity (Wildman–Crippen MR) is 91.7 cm³/mol. The van der Waals surface area contributed by atoms with E-state index in [9.17, 15) is 4.79 Å². The molecule has 0 spiro atoms. The van der Waals surface area contributed by atoms with E-state index in [1.807, 2.05) is 36.9 Å². The van der Waals surface area contributed by atoms with Gasteiger partial charge in [0.2, 0.25) is 6.79 Å². The van der Waals surface area contributed by atoms with Crippen LogP contribution in [0.25, 0.3) is 0 Å². The molecule has 0 radical (unpaired) electrons. The van der Waals surface area contributed by atoms with Gasteiger partial charge in [0.05, 0.1) is 0 Å². The molecule has 0 bridgehead atoms. The summed E-state index contributed by atoms with van der Waals surface area (Å²) in [5.74, 6) is 2.11. The Balaban J connectivity index is 1.51. The Labute approximate surface area is 142 Å². The van der Waals surface area contributed by atoms with Crippen molar-refractivity contribution in [3.63, 3.8) is 0 Å². The van der Waals surface area contributed by atoms with Crippen molar-refractivity contribution in [3.05, 3.63) is 58.7 Å². The summed E-state index contributed by atoms with van der Waals surface area (Å²) in [5, 5.41) is 0. The Morgan fingerprint density at radius 3 is 2.75 bits per heavy atom. The molecule has 2 aromatic rings. The molecule has 4 rings (SSSR count). The fourth-order valence-corrected chi connectivity index (χ4v) is 3.61.